The van der Waals surface area contributed by atoms with E-state index in [-0.39, 0.29) is 11.7 Å². The number of carbonyl (C=O) groups excluding carboxylic acids is 1. The van der Waals surface area contributed by atoms with Crippen molar-refractivity contribution < 1.29 is 9.90 Å². The highest BCUT2D eigenvalue weighted by atomic mass is 79.9. The molecule has 2 aromatic rings. The van der Waals surface area contributed by atoms with Crippen LogP contribution in [0.1, 0.15) is 18.1 Å². The van der Waals surface area contributed by atoms with Gasteiger partial charge in [-0.25, -0.2) is 0 Å². The number of aryl methyl sites for hydroxylation is 1. The second-order valence-corrected chi connectivity index (χ2v) is 5.83. The van der Waals surface area contributed by atoms with E-state index in [1.54, 1.807) is 17.0 Å². The molecule has 0 aliphatic rings. The minimum Gasteiger partial charge on any atom is -0.508 e. The molecule has 0 atom stereocenters. The van der Waals surface area contributed by atoms with Crippen LogP contribution in [0.4, 0.5) is 5.69 Å². The summed E-state index contributed by atoms with van der Waals surface area (Å²) in [5.41, 5.74) is 2.69. The number of nitrogens with zero attached hydrogens (tertiary/aromatic N) is 1. The average Bonchev–Trinajstić information content (AvgIpc) is 2.43. The van der Waals surface area contributed by atoms with Crippen molar-refractivity contribution in [1.82, 2.24) is 0 Å². The third-order valence-electron chi connectivity index (χ3n) is 3.35. The fourth-order valence-electron chi connectivity index (χ4n) is 2.29. The van der Waals surface area contributed by atoms with Crippen molar-refractivity contribution in [1.29, 1.82) is 0 Å². The Labute approximate surface area is 133 Å². The van der Waals surface area contributed by atoms with Gasteiger partial charge in [-0.1, -0.05) is 34.1 Å². The van der Waals surface area contributed by atoms with E-state index in [0.717, 1.165) is 21.3 Å². The highest BCUT2D eigenvalue weighted by Gasteiger charge is 2.16. The number of hydrogen-bond donors (Lipinski definition) is 1. The second-order valence-electron chi connectivity index (χ2n) is 4.92. The summed E-state index contributed by atoms with van der Waals surface area (Å²) in [6.07, 6.45) is 0.336. The fourth-order valence-corrected chi connectivity index (χ4v) is 2.73. The molecule has 3 nitrogen and oxygen atoms in total. The third-order valence-corrected chi connectivity index (χ3v) is 3.84. The highest BCUT2D eigenvalue weighted by Crippen LogP contribution is 2.25. The largest absolute Gasteiger partial charge is 0.508 e. The first-order valence-corrected chi connectivity index (χ1v) is 7.65. The molecule has 0 unspecified atom stereocenters. The molecule has 21 heavy (non-hydrogen) atoms. The van der Waals surface area contributed by atoms with Crippen LogP contribution in [0.5, 0.6) is 5.75 Å². The van der Waals surface area contributed by atoms with Gasteiger partial charge >= 0.3 is 0 Å². The Bertz CT molecular complexity index is 655. The summed E-state index contributed by atoms with van der Waals surface area (Å²) in [6.45, 7) is 4.43. The van der Waals surface area contributed by atoms with Crippen LogP contribution in [0.15, 0.2) is 46.9 Å². The van der Waals surface area contributed by atoms with E-state index in [1.807, 2.05) is 44.2 Å². The topological polar surface area (TPSA) is 40.5 Å². The standard InChI is InChI=1S/C17H18BrNO2/c1-3-19(16-11-15(20)8-7-12(16)2)17(21)10-13-5-4-6-14(18)9-13/h4-9,11,20H,3,10H2,1-2H3. The van der Waals surface area contributed by atoms with Crippen LogP contribution in [-0.2, 0) is 11.2 Å². The molecule has 0 aliphatic carbocycles. The minimum absolute atomic E-state index is 0.0179. The molecule has 2 rings (SSSR count). The van der Waals surface area contributed by atoms with Crippen molar-refractivity contribution in [2.24, 2.45) is 0 Å². The Morgan fingerprint density at radius 2 is 2.00 bits per heavy atom. The molecule has 0 spiro atoms. The van der Waals surface area contributed by atoms with Gasteiger partial charge in [0.2, 0.25) is 5.91 Å². The number of likely N-dealkylation sites (N-methyl/N-ethyl adjacent to an activating group) is 1. The number of phenols is 1. The maximum absolute atomic E-state index is 12.5. The van der Waals surface area contributed by atoms with Gasteiger partial charge in [0, 0.05) is 17.1 Å². The Kier molecular flexibility index (Phi) is 5.02. The summed E-state index contributed by atoms with van der Waals surface area (Å²) in [7, 11) is 0. The molecule has 4 heteroatoms. The molecule has 0 aromatic heterocycles. The van der Waals surface area contributed by atoms with Crippen molar-refractivity contribution in [2.75, 3.05) is 11.4 Å². The van der Waals surface area contributed by atoms with Crippen LogP contribution in [0.3, 0.4) is 0 Å². The lowest BCUT2D eigenvalue weighted by molar-refractivity contribution is -0.117. The van der Waals surface area contributed by atoms with Crippen LogP contribution < -0.4 is 4.90 Å². The van der Waals surface area contributed by atoms with Gasteiger partial charge in [0.05, 0.1) is 12.1 Å². The van der Waals surface area contributed by atoms with Crippen molar-refractivity contribution in [3.63, 3.8) is 0 Å². The summed E-state index contributed by atoms with van der Waals surface area (Å²) >= 11 is 3.41. The van der Waals surface area contributed by atoms with Crippen LogP contribution >= 0.6 is 15.9 Å². The normalized spacial score (nSPS) is 10.4. The first-order valence-electron chi connectivity index (χ1n) is 6.85. The summed E-state index contributed by atoms with van der Waals surface area (Å²) < 4.78 is 0.962. The van der Waals surface area contributed by atoms with E-state index in [2.05, 4.69) is 15.9 Å². The highest BCUT2D eigenvalue weighted by molar-refractivity contribution is 9.10. The number of halogens is 1. The lowest BCUT2D eigenvalue weighted by atomic mass is 10.1. The number of amides is 1. The third kappa shape index (κ3) is 3.85. The molecular weight excluding hydrogens is 330 g/mol. The van der Waals surface area contributed by atoms with Crippen LogP contribution in [0.25, 0.3) is 0 Å². The zero-order valence-electron chi connectivity index (χ0n) is 12.1. The van der Waals surface area contributed by atoms with E-state index in [4.69, 9.17) is 0 Å². The molecule has 110 valence electrons. The molecule has 0 aliphatic heterocycles. The van der Waals surface area contributed by atoms with Crippen molar-refractivity contribution >= 4 is 27.5 Å². The van der Waals surface area contributed by atoms with Crippen LogP contribution in [0.2, 0.25) is 0 Å². The molecule has 2 aromatic carbocycles. The van der Waals surface area contributed by atoms with E-state index in [1.165, 1.54) is 0 Å². The molecule has 0 radical (unpaired) electrons. The SMILES string of the molecule is CCN(C(=O)Cc1cccc(Br)c1)c1cc(O)ccc1C. The number of benzene rings is 2. The molecular formula is C17H18BrNO2. The van der Waals surface area contributed by atoms with Crippen LogP contribution in [0, 0.1) is 6.92 Å². The Balaban J connectivity index is 2.24. The molecule has 0 saturated carbocycles. The smallest absolute Gasteiger partial charge is 0.231 e. The van der Waals surface area contributed by atoms with Gasteiger partial charge in [-0.05, 0) is 43.2 Å². The lowest BCUT2D eigenvalue weighted by Gasteiger charge is -2.23. The van der Waals surface area contributed by atoms with Gasteiger partial charge in [-0.3, -0.25) is 4.79 Å². The van der Waals surface area contributed by atoms with E-state index < -0.39 is 0 Å². The number of hydrogen-bond acceptors (Lipinski definition) is 2. The van der Waals surface area contributed by atoms with Crippen molar-refractivity contribution in [3.8, 4) is 5.75 Å². The number of rotatable bonds is 4. The summed E-state index contributed by atoms with van der Waals surface area (Å²) in [5, 5.41) is 9.65. The molecule has 0 saturated heterocycles. The number of aromatic hydroxyl groups is 1. The average molecular weight is 348 g/mol. The van der Waals surface area contributed by atoms with E-state index in [0.29, 0.717) is 13.0 Å². The molecule has 0 fully saturated rings. The van der Waals surface area contributed by atoms with Gasteiger partial charge in [0.1, 0.15) is 5.75 Å². The molecule has 1 N–H and O–H groups in total. The molecule has 0 heterocycles. The predicted molar refractivity (Wildman–Crippen MR) is 88.7 cm³/mol. The monoisotopic (exact) mass is 347 g/mol. The summed E-state index contributed by atoms with van der Waals surface area (Å²) in [6, 6.07) is 12.8. The van der Waals surface area contributed by atoms with Gasteiger partial charge in [-0.2, -0.15) is 0 Å². The number of carbonyl (C=O) groups is 1. The first kappa shape index (κ1) is 15.6. The number of phenolic OH excluding ortho intramolecular Hbond substituents is 1. The van der Waals surface area contributed by atoms with Gasteiger partial charge in [0.25, 0.3) is 0 Å². The number of anilines is 1. The molecule has 1 amide bonds. The van der Waals surface area contributed by atoms with Crippen LogP contribution in [-0.4, -0.2) is 17.6 Å². The quantitative estimate of drug-likeness (QED) is 0.905. The van der Waals surface area contributed by atoms with Gasteiger partial charge < -0.3 is 10.0 Å². The van der Waals surface area contributed by atoms with Crippen molar-refractivity contribution in [3.05, 3.63) is 58.1 Å². The Morgan fingerprint density at radius 1 is 1.24 bits per heavy atom. The lowest BCUT2D eigenvalue weighted by Crippen LogP contribution is -2.32. The zero-order chi connectivity index (χ0) is 15.4. The second kappa shape index (κ2) is 6.76. The maximum atomic E-state index is 12.5. The maximum Gasteiger partial charge on any atom is 0.231 e. The fraction of sp³-hybridized carbons (Fsp3) is 0.235. The predicted octanol–water partition coefficient (Wildman–Crippen LogP) is 4.06. The molecule has 0 bridgehead atoms. The zero-order valence-corrected chi connectivity index (χ0v) is 13.7. The van der Waals surface area contributed by atoms with Gasteiger partial charge in [0.15, 0.2) is 0 Å². The van der Waals surface area contributed by atoms with E-state index >= 15 is 0 Å². The Hall–Kier alpha value is -1.81. The van der Waals surface area contributed by atoms with E-state index in [9.17, 15) is 9.90 Å². The van der Waals surface area contributed by atoms with Gasteiger partial charge in [-0.15, -0.1) is 0 Å². The van der Waals surface area contributed by atoms with Crippen molar-refractivity contribution in [2.45, 2.75) is 20.3 Å². The Morgan fingerprint density at radius 3 is 2.67 bits per heavy atom. The summed E-state index contributed by atoms with van der Waals surface area (Å²) in [4.78, 5) is 14.3. The summed E-state index contributed by atoms with van der Waals surface area (Å²) in [5.74, 6) is 0.189. The minimum atomic E-state index is 0.0179. The first-order chi connectivity index (χ1) is 10.0.